The number of methoxy groups -OCH3 is 1. The standard InChI is InChI=1S/C13H15NO4/c1-17-9-5-4-8-14-11-7-3-2-6-10(11)12(15)18-13(14)16/h2-3,6-7H,4-5,8-9H2,1H3. The summed E-state index contributed by atoms with van der Waals surface area (Å²) >= 11 is 0. The summed E-state index contributed by atoms with van der Waals surface area (Å²) in [5, 5.41) is 0.434. The van der Waals surface area contributed by atoms with E-state index in [9.17, 15) is 9.59 Å². The van der Waals surface area contributed by atoms with Crippen molar-refractivity contribution in [3.63, 3.8) is 0 Å². The largest absolute Gasteiger partial charge is 0.422 e. The summed E-state index contributed by atoms with van der Waals surface area (Å²) in [6.45, 7) is 1.18. The van der Waals surface area contributed by atoms with Crippen molar-refractivity contribution < 1.29 is 9.15 Å². The quantitative estimate of drug-likeness (QED) is 0.751. The minimum atomic E-state index is -0.601. The molecule has 0 aliphatic rings. The average Bonchev–Trinajstić information content (AvgIpc) is 2.38. The van der Waals surface area contributed by atoms with Crippen molar-refractivity contribution in [1.82, 2.24) is 4.57 Å². The fourth-order valence-electron chi connectivity index (χ4n) is 1.90. The van der Waals surface area contributed by atoms with Crippen LogP contribution in [0.25, 0.3) is 10.9 Å². The number of benzene rings is 1. The molecule has 2 aromatic rings. The summed E-state index contributed by atoms with van der Waals surface area (Å²) in [4.78, 5) is 23.2. The highest BCUT2D eigenvalue weighted by molar-refractivity contribution is 5.77. The van der Waals surface area contributed by atoms with Gasteiger partial charge in [-0.2, -0.15) is 0 Å². The molecule has 0 amide bonds. The lowest BCUT2D eigenvalue weighted by atomic mass is 10.2. The Morgan fingerprint density at radius 2 is 2.00 bits per heavy atom. The number of nitrogens with zero attached hydrogens (tertiary/aromatic N) is 1. The van der Waals surface area contributed by atoms with Gasteiger partial charge in [-0.25, -0.2) is 9.59 Å². The van der Waals surface area contributed by atoms with E-state index in [1.54, 1.807) is 31.4 Å². The summed E-state index contributed by atoms with van der Waals surface area (Å²) in [7, 11) is 1.64. The first-order chi connectivity index (χ1) is 8.74. The summed E-state index contributed by atoms with van der Waals surface area (Å²) in [6, 6.07) is 6.96. The van der Waals surface area contributed by atoms with E-state index >= 15 is 0 Å². The van der Waals surface area contributed by atoms with Crippen LogP contribution in [0.15, 0.2) is 38.3 Å². The van der Waals surface area contributed by atoms with Gasteiger partial charge < -0.3 is 9.15 Å². The van der Waals surface area contributed by atoms with Gasteiger partial charge in [0.25, 0.3) is 0 Å². The van der Waals surface area contributed by atoms with E-state index < -0.39 is 11.4 Å². The number of ether oxygens (including phenoxy) is 1. The highest BCUT2D eigenvalue weighted by Gasteiger charge is 2.07. The predicted octanol–water partition coefficient (Wildman–Crippen LogP) is 1.38. The third kappa shape index (κ3) is 2.51. The van der Waals surface area contributed by atoms with E-state index in [-0.39, 0.29) is 0 Å². The smallest absolute Gasteiger partial charge is 0.385 e. The second-order valence-electron chi connectivity index (χ2n) is 4.02. The van der Waals surface area contributed by atoms with Gasteiger partial charge >= 0.3 is 11.4 Å². The van der Waals surface area contributed by atoms with Crippen molar-refractivity contribution in [2.24, 2.45) is 0 Å². The molecule has 0 N–H and O–H groups in total. The molecule has 96 valence electrons. The minimum Gasteiger partial charge on any atom is -0.385 e. The lowest BCUT2D eigenvalue weighted by molar-refractivity contribution is 0.191. The van der Waals surface area contributed by atoms with Gasteiger partial charge in [-0.15, -0.1) is 0 Å². The zero-order chi connectivity index (χ0) is 13.0. The zero-order valence-electron chi connectivity index (χ0n) is 10.2. The highest BCUT2D eigenvalue weighted by Crippen LogP contribution is 2.08. The maximum absolute atomic E-state index is 11.7. The van der Waals surface area contributed by atoms with Crippen LogP contribution in [0.4, 0.5) is 0 Å². The second-order valence-corrected chi connectivity index (χ2v) is 4.02. The molecule has 18 heavy (non-hydrogen) atoms. The van der Waals surface area contributed by atoms with E-state index in [2.05, 4.69) is 0 Å². The van der Waals surface area contributed by atoms with Crippen LogP contribution >= 0.6 is 0 Å². The van der Waals surface area contributed by atoms with Crippen molar-refractivity contribution in [3.05, 3.63) is 45.2 Å². The Morgan fingerprint density at radius 1 is 1.22 bits per heavy atom. The molecule has 0 saturated carbocycles. The Balaban J connectivity index is 2.37. The molecule has 2 rings (SSSR count). The Morgan fingerprint density at radius 3 is 2.78 bits per heavy atom. The molecule has 0 spiro atoms. The summed E-state index contributed by atoms with van der Waals surface area (Å²) in [6.07, 6.45) is 1.65. The zero-order valence-corrected chi connectivity index (χ0v) is 10.2. The number of hydrogen-bond donors (Lipinski definition) is 0. The van der Waals surface area contributed by atoms with Gasteiger partial charge in [0.1, 0.15) is 0 Å². The Kier molecular flexibility index (Phi) is 3.94. The van der Waals surface area contributed by atoms with Crippen molar-refractivity contribution in [2.75, 3.05) is 13.7 Å². The Hall–Kier alpha value is -1.88. The third-order valence-electron chi connectivity index (χ3n) is 2.80. The van der Waals surface area contributed by atoms with Crippen molar-refractivity contribution in [1.29, 1.82) is 0 Å². The minimum absolute atomic E-state index is 0.434. The molecule has 1 aromatic heterocycles. The third-order valence-corrected chi connectivity index (χ3v) is 2.80. The molecular formula is C13H15NO4. The van der Waals surface area contributed by atoms with Crippen LogP contribution < -0.4 is 11.4 Å². The molecule has 5 heteroatoms. The van der Waals surface area contributed by atoms with Crippen LogP contribution in [0.2, 0.25) is 0 Å². The Labute approximate surface area is 104 Å². The number of unbranched alkanes of at least 4 members (excludes halogenated alkanes) is 1. The van der Waals surface area contributed by atoms with E-state index in [1.165, 1.54) is 4.57 Å². The van der Waals surface area contributed by atoms with Gasteiger partial charge in [0.2, 0.25) is 0 Å². The van der Waals surface area contributed by atoms with E-state index in [0.29, 0.717) is 24.1 Å². The van der Waals surface area contributed by atoms with Crippen LogP contribution in [0.3, 0.4) is 0 Å². The molecular weight excluding hydrogens is 234 g/mol. The fraction of sp³-hybridized carbons (Fsp3) is 0.385. The van der Waals surface area contributed by atoms with E-state index in [4.69, 9.17) is 9.15 Å². The van der Waals surface area contributed by atoms with Crippen molar-refractivity contribution in [3.8, 4) is 0 Å². The number of fused-ring (bicyclic) bond motifs is 1. The average molecular weight is 249 g/mol. The van der Waals surface area contributed by atoms with Crippen LogP contribution in [-0.4, -0.2) is 18.3 Å². The maximum atomic E-state index is 11.7. The monoisotopic (exact) mass is 249 g/mol. The predicted molar refractivity (Wildman–Crippen MR) is 67.9 cm³/mol. The number of hydrogen-bond acceptors (Lipinski definition) is 4. The van der Waals surface area contributed by atoms with Crippen LogP contribution in [0, 0.1) is 0 Å². The molecule has 5 nitrogen and oxygen atoms in total. The lowest BCUT2D eigenvalue weighted by Gasteiger charge is -2.07. The summed E-state index contributed by atoms with van der Waals surface area (Å²) in [5.74, 6) is -0.601. The molecule has 0 aliphatic carbocycles. The molecule has 0 fully saturated rings. The lowest BCUT2D eigenvalue weighted by Crippen LogP contribution is -2.25. The topological polar surface area (TPSA) is 61.4 Å². The maximum Gasteiger partial charge on any atom is 0.422 e. The van der Waals surface area contributed by atoms with Crippen LogP contribution in [-0.2, 0) is 11.3 Å². The molecule has 0 bridgehead atoms. The summed E-state index contributed by atoms with van der Waals surface area (Å²) in [5.41, 5.74) is 0.0416. The fourth-order valence-corrected chi connectivity index (χ4v) is 1.90. The Bertz CT molecular complexity index is 641. The van der Waals surface area contributed by atoms with Gasteiger partial charge in [0, 0.05) is 20.3 Å². The van der Waals surface area contributed by atoms with Gasteiger partial charge in [-0.1, -0.05) is 12.1 Å². The molecule has 0 saturated heterocycles. The highest BCUT2D eigenvalue weighted by atomic mass is 16.5. The molecule has 1 aromatic carbocycles. The number of aromatic nitrogens is 1. The number of aryl methyl sites for hydroxylation is 1. The van der Waals surface area contributed by atoms with E-state index in [1.807, 2.05) is 0 Å². The summed E-state index contributed by atoms with van der Waals surface area (Å²) < 4.78 is 11.1. The molecule has 0 unspecified atom stereocenters. The van der Waals surface area contributed by atoms with Gasteiger partial charge in [-0.05, 0) is 25.0 Å². The van der Waals surface area contributed by atoms with Crippen LogP contribution in [0.5, 0.6) is 0 Å². The normalized spacial score (nSPS) is 10.9. The number of rotatable bonds is 5. The number of para-hydroxylation sites is 1. The molecule has 1 heterocycles. The molecule has 0 radical (unpaired) electrons. The van der Waals surface area contributed by atoms with Crippen LogP contribution in [0.1, 0.15) is 12.8 Å². The van der Waals surface area contributed by atoms with Gasteiger partial charge in [0.05, 0.1) is 10.9 Å². The van der Waals surface area contributed by atoms with Crippen molar-refractivity contribution in [2.45, 2.75) is 19.4 Å². The second kappa shape index (κ2) is 5.64. The first-order valence-corrected chi connectivity index (χ1v) is 5.85. The SMILES string of the molecule is COCCCCn1c(=O)oc(=O)c2ccccc21. The molecule has 0 atom stereocenters. The van der Waals surface area contributed by atoms with Gasteiger partial charge in [0.15, 0.2) is 0 Å². The first kappa shape index (κ1) is 12.6. The van der Waals surface area contributed by atoms with E-state index in [0.717, 1.165) is 12.8 Å². The first-order valence-electron chi connectivity index (χ1n) is 5.85. The van der Waals surface area contributed by atoms with Gasteiger partial charge in [-0.3, -0.25) is 4.57 Å². The molecule has 0 aliphatic heterocycles. The van der Waals surface area contributed by atoms with Crippen molar-refractivity contribution >= 4 is 10.9 Å².